The lowest BCUT2D eigenvalue weighted by Crippen LogP contribution is -2.33. The molecule has 0 aliphatic carbocycles. The maximum absolute atomic E-state index is 11.6. The van der Waals surface area contributed by atoms with Crippen LogP contribution in [0.2, 0.25) is 0 Å². The van der Waals surface area contributed by atoms with Crippen LogP contribution in [0.5, 0.6) is 17.2 Å². The molecule has 1 aromatic rings. The van der Waals surface area contributed by atoms with Crippen LogP contribution in [0.3, 0.4) is 0 Å². The zero-order chi connectivity index (χ0) is 16.8. The van der Waals surface area contributed by atoms with Crippen molar-refractivity contribution in [3.63, 3.8) is 0 Å². The van der Waals surface area contributed by atoms with Crippen LogP contribution in [-0.4, -0.2) is 39.6 Å². The van der Waals surface area contributed by atoms with E-state index >= 15 is 0 Å². The Morgan fingerprint density at radius 3 is 2.27 bits per heavy atom. The molecule has 0 aromatic heterocycles. The molecule has 1 amide bonds. The van der Waals surface area contributed by atoms with Crippen LogP contribution in [0, 0.1) is 0 Å². The third-order valence-electron chi connectivity index (χ3n) is 2.83. The van der Waals surface area contributed by atoms with Gasteiger partial charge in [0.2, 0.25) is 0 Å². The van der Waals surface area contributed by atoms with Crippen LogP contribution in [0.25, 0.3) is 0 Å². The molecule has 0 saturated carbocycles. The first kappa shape index (κ1) is 17.9. The first-order valence-electron chi connectivity index (χ1n) is 7.06. The molecule has 1 rings (SSSR count). The molecule has 0 aliphatic heterocycles. The molecule has 0 heterocycles. The van der Waals surface area contributed by atoms with Crippen molar-refractivity contribution in [3.8, 4) is 17.2 Å². The Morgan fingerprint density at radius 2 is 1.77 bits per heavy atom. The van der Waals surface area contributed by atoms with Crippen molar-refractivity contribution in [2.24, 2.45) is 0 Å². The summed E-state index contributed by atoms with van der Waals surface area (Å²) in [6.45, 7) is 5.88. The van der Waals surface area contributed by atoms with E-state index in [1.54, 1.807) is 27.4 Å². The number of alkyl carbamates (subject to hydrolysis) is 1. The Bertz CT molecular complexity index is 508. The second kappa shape index (κ2) is 7.77. The van der Waals surface area contributed by atoms with Crippen molar-refractivity contribution in [1.82, 2.24) is 5.32 Å². The van der Waals surface area contributed by atoms with E-state index in [1.807, 2.05) is 26.8 Å². The zero-order valence-corrected chi connectivity index (χ0v) is 14.1. The zero-order valence-electron chi connectivity index (χ0n) is 14.1. The molecule has 0 radical (unpaired) electrons. The summed E-state index contributed by atoms with van der Waals surface area (Å²) in [4.78, 5) is 11.6. The number of hydrogen-bond donors (Lipinski definition) is 1. The van der Waals surface area contributed by atoms with E-state index in [4.69, 9.17) is 18.9 Å². The maximum Gasteiger partial charge on any atom is 0.407 e. The highest BCUT2D eigenvalue weighted by atomic mass is 16.6. The molecule has 124 valence electrons. The lowest BCUT2D eigenvalue weighted by Gasteiger charge is -2.20. The van der Waals surface area contributed by atoms with E-state index in [0.29, 0.717) is 30.2 Å². The van der Waals surface area contributed by atoms with Crippen LogP contribution in [0.4, 0.5) is 4.79 Å². The summed E-state index contributed by atoms with van der Waals surface area (Å²) < 4.78 is 21.1. The van der Waals surface area contributed by atoms with Gasteiger partial charge in [0.1, 0.15) is 11.4 Å². The lowest BCUT2D eigenvalue weighted by atomic mass is 10.1. The quantitative estimate of drug-likeness (QED) is 0.875. The van der Waals surface area contributed by atoms with Crippen molar-refractivity contribution >= 4 is 6.09 Å². The molecule has 6 nitrogen and oxygen atoms in total. The average Bonchev–Trinajstić information content (AvgIpc) is 2.44. The largest absolute Gasteiger partial charge is 0.497 e. The Balaban J connectivity index is 2.74. The second-order valence-electron chi connectivity index (χ2n) is 5.70. The molecular weight excluding hydrogens is 286 g/mol. The number of hydrogen-bond acceptors (Lipinski definition) is 5. The van der Waals surface area contributed by atoms with E-state index in [0.717, 1.165) is 5.56 Å². The van der Waals surface area contributed by atoms with Gasteiger partial charge in [-0.2, -0.15) is 0 Å². The molecule has 0 spiro atoms. The molecule has 22 heavy (non-hydrogen) atoms. The Labute approximate surface area is 131 Å². The third kappa shape index (κ3) is 5.35. The van der Waals surface area contributed by atoms with Crippen LogP contribution in [0.1, 0.15) is 26.3 Å². The van der Waals surface area contributed by atoms with Crippen molar-refractivity contribution in [3.05, 3.63) is 17.7 Å². The number of rotatable bonds is 6. The van der Waals surface area contributed by atoms with Crippen LogP contribution in [0.15, 0.2) is 12.1 Å². The van der Waals surface area contributed by atoms with E-state index in [1.165, 1.54) is 0 Å². The van der Waals surface area contributed by atoms with Crippen LogP contribution >= 0.6 is 0 Å². The van der Waals surface area contributed by atoms with Crippen LogP contribution < -0.4 is 19.5 Å². The summed E-state index contributed by atoms with van der Waals surface area (Å²) in [5.74, 6) is 1.90. The fourth-order valence-electron chi connectivity index (χ4n) is 1.93. The van der Waals surface area contributed by atoms with E-state index in [9.17, 15) is 4.79 Å². The van der Waals surface area contributed by atoms with Crippen molar-refractivity contribution in [2.75, 3.05) is 27.9 Å². The number of methoxy groups -OCH3 is 3. The highest BCUT2D eigenvalue weighted by molar-refractivity contribution is 5.67. The molecule has 0 saturated heterocycles. The molecule has 1 N–H and O–H groups in total. The predicted molar refractivity (Wildman–Crippen MR) is 84.0 cm³/mol. The van der Waals surface area contributed by atoms with Gasteiger partial charge >= 0.3 is 6.09 Å². The molecule has 0 aliphatic rings. The fraction of sp³-hybridized carbons (Fsp3) is 0.562. The fourth-order valence-corrected chi connectivity index (χ4v) is 1.93. The van der Waals surface area contributed by atoms with Crippen molar-refractivity contribution < 1.29 is 23.7 Å². The molecule has 6 heteroatoms. The van der Waals surface area contributed by atoms with Gasteiger partial charge in [-0.1, -0.05) is 0 Å². The van der Waals surface area contributed by atoms with Gasteiger partial charge in [-0.3, -0.25) is 0 Å². The minimum Gasteiger partial charge on any atom is -0.497 e. The van der Waals surface area contributed by atoms with E-state index in [2.05, 4.69) is 5.32 Å². The summed E-state index contributed by atoms with van der Waals surface area (Å²) in [7, 11) is 4.74. The maximum atomic E-state index is 11.6. The number of carbonyl (C=O) groups is 1. The van der Waals surface area contributed by atoms with Crippen LogP contribution in [-0.2, 0) is 11.2 Å². The molecule has 0 bridgehead atoms. The average molecular weight is 311 g/mol. The van der Waals surface area contributed by atoms with E-state index in [-0.39, 0.29) is 0 Å². The third-order valence-corrected chi connectivity index (χ3v) is 2.83. The van der Waals surface area contributed by atoms with Gasteiger partial charge in [-0.25, -0.2) is 4.79 Å². The molecule has 1 aromatic carbocycles. The number of amides is 1. The van der Waals surface area contributed by atoms with Gasteiger partial charge in [0.05, 0.1) is 21.3 Å². The van der Waals surface area contributed by atoms with Crippen molar-refractivity contribution in [1.29, 1.82) is 0 Å². The van der Waals surface area contributed by atoms with Gasteiger partial charge in [0, 0.05) is 18.2 Å². The molecule has 0 atom stereocenters. The van der Waals surface area contributed by atoms with Gasteiger partial charge < -0.3 is 24.3 Å². The first-order valence-corrected chi connectivity index (χ1v) is 7.06. The Hall–Kier alpha value is -2.11. The minimum absolute atomic E-state index is 0.418. The Kier molecular flexibility index (Phi) is 6.34. The highest BCUT2D eigenvalue weighted by Crippen LogP contribution is 2.35. The summed E-state index contributed by atoms with van der Waals surface area (Å²) in [6, 6.07) is 3.61. The van der Waals surface area contributed by atoms with Gasteiger partial charge in [-0.05, 0) is 33.3 Å². The molecule has 0 unspecified atom stereocenters. The van der Waals surface area contributed by atoms with Gasteiger partial charge in [0.25, 0.3) is 0 Å². The summed E-state index contributed by atoms with van der Waals surface area (Å²) in [5, 5.41) is 2.72. The molecular formula is C16H25NO5. The monoisotopic (exact) mass is 311 g/mol. The topological polar surface area (TPSA) is 66.0 Å². The van der Waals surface area contributed by atoms with Gasteiger partial charge in [-0.15, -0.1) is 0 Å². The molecule has 0 fully saturated rings. The summed E-state index contributed by atoms with van der Waals surface area (Å²) >= 11 is 0. The normalized spacial score (nSPS) is 10.8. The Morgan fingerprint density at radius 1 is 1.09 bits per heavy atom. The van der Waals surface area contributed by atoms with Crippen molar-refractivity contribution in [2.45, 2.75) is 32.8 Å². The highest BCUT2D eigenvalue weighted by Gasteiger charge is 2.17. The smallest absolute Gasteiger partial charge is 0.407 e. The SMILES string of the molecule is COc1cc(CCNC(=O)OC(C)(C)C)c(OC)c(OC)c1. The summed E-state index contributed by atoms with van der Waals surface area (Å²) in [6.07, 6.45) is 0.122. The standard InChI is InChI=1S/C16H25NO5/c1-16(2,3)22-15(18)17-8-7-11-9-12(19-4)10-13(20-5)14(11)21-6/h9-10H,7-8H2,1-6H3,(H,17,18). The number of carbonyl (C=O) groups excluding carboxylic acids is 1. The summed E-state index contributed by atoms with van der Waals surface area (Å²) in [5.41, 5.74) is 0.371. The predicted octanol–water partition coefficient (Wildman–Crippen LogP) is 2.78. The van der Waals surface area contributed by atoms with E-state index < -0.39 is 11.7 Å². The second-order valence-corrected chi connectivity index (χ2v) is 5.70. The lowest BCUT2D eigenvalue weighted by molar-refractivity contribution is 0.0528. The van der Waals surface area contributed by atoms with Gasteiger partial charge in [0.15, 0.2) is 11.5 Å². The number of benzene rings is 1. The number of ether oxygens (including phenoxy) is 4. The number of nitrogens with one attached hydrogen (secondary N) is 1. The first-order chi connectivity index (χ1) is 10.3. The minimum atomic E-state index is -0.513.